The van der Waals surface area contributed by atoms with Crippen molar-refractivity contribution in [3.8, 4) is 0 Å². The minimum absolute atomic E-state index is 0.240. The van der Waals surface area contributed by atoms with Gasteiger partial charge in [-0.25, -0.2) is 0 Å². The lowest BCUT2D eigenvalue weighted by Crippen LogP contribution is -2.10. The largest absolute Gasteiger partial charge is 0.392 e. The Morgan fingerprint density at radius 2 is 1.50 bits per heavy atom. The molecule has 0 spiro atoms. The maximum absolute atomic E-state index is 9.95. The number of aliphatic hydroxyl groups excluding tert-OH is 1. The first-order valence-electron chi connectivity index (χ1n) is 6.24. The van der Waals surface area contributed by atoms with Crippen molar-refractivity contribution < 1.29 is 5.11 Å². The summed E-state index contributed by atoms with van der Waals surface area (Å²) in [5.74, 6) is 0.761. The molecule has 2 aromatic carbocycles. The van der Waals surface area contributed by atoms with Crippen LogP contribution in [-0.4, -0.2) is 17.0 Å². The molecule has 2 aromatic rings. The second-order valence-corrected chi connectivity index (χ2v) is 5.40. The monoisotopic (exact) mass is 258 g/mol. The summed E-state index contributed by atoms with van der Waals surface area (Å²) in [6.45, 7) is 0. The average molecular weight is 258 g/mol. The number of rotatable bonds is 6. The molecule has 1 unspecified atom stereocenters. The van der Waals surface area contributed by atoms with E-state index in [0.29, 0.717) is 0 Å². The molecule has 0 aromatic heterocycles. The van der Waals surface area contributed by atoms with Gasteiger partial charge in [0.2, 0.25) is 0 Å². The van der Waals surface area contributed by atoms with Gasteiger partial charge in [-0.05, 0) is 30.5 Å². The van der Waals surface area contributed by atoms with Gasteiger partial charge in [0.1, 0.15) is 0 Å². The van der Waals surface area contributed by atoms with E-state index in [0.717, 1.165) is 18.6 Å². The lowest BCUT2D eigenvalue weighted by atomic mass is 10.1. The van der Waals surface area contributed by atoms with E-state index in [1.165, 1.54) is 10.5 Å². The first-order valence-corrected chi connectivity index (χ1v) is 7.23. The summed E-state index contributed by atoms with van der Waals surface area (Å²) in [6.07, 6.45) is 1.52. The van der Waals surface area contributed by atoms with E-state index in [1.54, 1.807) is 11.8 Å². The minimum Gasteiger partial charge on any atom is -0.392 e. The molecule has 0 heterocycles. The predicted molar refractivity (Wildman–Crippen MR) is 77.9 cm³/mol. The van der Waals surface area contributed by atoms with Crippen molar-refractivity contribution >= 4 is 11.8 Å². The van der Waals surface area contributed by atoms with E-state index >= 15 is 0 Å². The van der Waals surface area contributed by atoms with E-state index < -0.39 is 0 Å². The zero-order valence-corrected chi connectivity index (χ0v) is 11.1. The maximum Gasteiger partial charge on any atom is 0.0637 e. The fourth-order valence-corrected chi connectivity index (χ4v) is 2.67. The Morgan fingerprint density at radius 3 is 2.17 bits per heavy atom. The van der Waals surface area contributed by atoms with E-state index in [-0.39, 0.29) is 6.10 Å². The van der Waals surface area contributed by atoms with Crippen molar-refractivity contribution in [3.05, 3.63) is 66.2 Å². The smallest absolute Gasteiger partial charge is 0.0637 e. The van der Waals surface area contributed by atoms with Crippen LogP contribution in [0.25, 0.3) is 0 Å². The normalized spacial score (nSPS) is 12.3. The summed E-state index contributed by atoms with van der Waals surface area (Å²) in [7, 11) is 0. The van der Waals surface area contributed by atoms with Gasteiger partial charge in [0, 0.05) is 10.6 Å². The highest BCUT2D eigenvalue weighted by molar-refractivity contribution is 7.99. The highest BCUT2D eigenvalue weighted by Crippen LogP contribution is 2.19. The molecule has 2 rings (SSSR count). The van der Waals surface area contributed by atoms with Crippen LogP contribution in [0.1, 0.15) is 12.0 Å². The van der Waals surface area contributed by atoms with Crippen molar-refractivity contribution in [2.24, 2.45) is 0 Å². The number of aryl methyl sites for hydroxylation is 1. The number of aliphatic hydroxyl groups is 1. The molecule has 0 aliphatic heterocycles. The van der Waals surface area contributed by atoms with Gasteiger partial charge in [-0.1, -0.05) is 48.5 Å². The molecule has 94 valence electrons. The van der Waals surface area contributed by atoms with Crippen LogP contribution in [0.5, 0.6) is 0 Å². The first-order chi connectivity index (χ1) is 8.84. The lowest BCUT2D eigenvalue weighted by molar-refractivity contribution is 0.189. The molecule has 0 saturated carbocycles. The Hall–Kier alpha value is -1.25. The highest BCUT2D eigenvalue weighted by Gasteiger charge is 2.05. The molecule has 0 radical (unpaired) electrons. The van der Waals surface area contributed by atoms with Crippen molar-refractivity contribution in [1.29, 1.82) is 0 Å². The fraction of sp³-hybridized carbons (Fsp3) is 0.250. The van der Waals surface area contributed by atoms with E-state index in [9.17, 15) is 5.11 Å². The van der Waals surface area contributed by atoms with E-state index in [1.807, 2.05) is 36.4 Å². The van der Waals surface area contributed by atoms with Gasteiger partial charge in [0.15, 0.2) is 0 Å². The van der Waals surface area contributed by atoms with Crippen LogP contribution in [0.3, 0.4) is 0 Å². The summed E-state index contributed by atoms with van der Waals surface area (Å²) < 4.78 is 0. The summed E-state index contributed by atoms with van der Waals surface area (Å²) in [4.78, 5) is 1.22. The van der Waals surface area contributed by atoms with Gasteiger partial charge in [-0.3, -0.25) is 0 Å². The molecule has 0 aliphatic rings. The lowest BCUT2D eigenvalue weighted by Gasteiger charge is -2.10. The molecular formula is C16H18OS. The Balaban J connectivity index is 1.71. The summed E-state index contributed by atoms with van der Waals surface area (Å²) in [6, 6.07) is 20.5. The van der Waals surface area contributed by atoms with Crippen molar-refractivity contribution in [1.82, 2.24) is 0 Å². The zero-order chi connectivity index (χ0) is 12.6. The molecule has 0 amide bonds. The first kappa shape index (κ1) is 13.2. The molecule has 2 heteroatoms. The van der Waals surface area contributed by atoms with Gasteiger partial charge in [-0.2, -0.15) is 0 Å². The number of benzene rings is 2. The molecule has 1 atom stereocenters. The quantitative estimate of drug-likeness (QED) is 0.796. The number of hydrogen-bond donors (Lipinski definition) is 1. The van der Waals surface area contributed by atoms with E-state index in [4.69, 9.17) is 0 Å². The van der Waals surface area contributed by atoms with Gasteiger partial charge in [0.05, 0.1) is 6.10 Å². The topological polar surface area (TPSA) is 20.2 Å². The molecule has 1 nitrogen and oxygen atoms in total. The molecule has 0 saturated heterocycles. The third-order valence-corrected chi connectivity index (χ3v) is 3.95. The maximum atomic E-state index is 9.95. The Kier molecular flexibility index (Phi) is 5.31. The van der Waals surface area contributed by atoms with Crippen LogP contribution >= 0.6 is 11.8 Å². The van der Waals surface area contributed by atoms with Crippen molar-refractivity contribution in [3.63, 3.8) is 0 Å². The third kappa shape index (κ3) is 4.55. The number of thioether (sulfide) groups is 1. The molecule has 0 aliphatic carbocycles. The summed E-state index contributed by atoms with van der Waals surface area (Å²) >= 11 is 1.71. The minimum atomic E-state index is -0.240. The summed E-state index contributed by atoms with van der Waals surface area (Å²) in [5, 5.41) is 9.95. The van der Waals surface area contributed by atoms with Crippen LogP contribution in [0.4, 0.5) is 0 Å². The predicted octanol–water partition coefficient (Wildman–Crippen LogP) is 3.77. The molecule has 0 fully saturated rings. The third-order valence-electron chi connectivity index (χ3n) is 2.79. The van der Waals surface area contributed by atoms with E-state index in [2.05, 4.69) is 24.3 Å². The Bertz CT molecular complexity index is 398. The second-order valence-electron chi connectivity index (χ2n) is 4.30. The zero-order valence-electron chi connectivity index (χ0n) is 10.3. The van der Waals surface area contributed by atoms with Gasteiger partial charge < -0.3 is 5.11 Å². The molecule has 0 bridgehead atoms. The Labute approximate surface area is 113 Å². The standard InChI is InChI=1S/C16H18OS/c17-15(12-11-14-7-3-1-4-8-14)13-18-16-9-5-2-6-10-16/h1-10,15,17H,11-13H2. The molecule has 18 heavy (non-hydrogen) atoms. The average Bonchev–Trinajstić information content (AvgIpc) is 2.45. The van der Waals surface area contributed by atoms with Crippen LogP contribution in [-0.2, 0) is 6.42 Å². The van der Waals surface area contributed by atoms with Gasteiger partial charge in [0.25, 0.3) is 0 Å². The van der Waals surface area contributed by atoms with Crippen LogP contribution in [0, 0.1) is 0 Å². The second kappa shape index (κ2) is 7.24. The van der Waals surface area contributed by atoms with Gasteiger partial charge in [-0.15, -0.1) is 11.8 Å². The van der Waals surface area contributed by atoms with Crippen LogP contribution in [0.2, 0.25) is 0 Å². The summed E-state index contributed by atoms with van der Waals surface area (Å²) in [5.41, 5.74) is 1.29. The van der Waals surface area contributed by atoms with Gasteiger partial charge >= 0.3 is 0 Å². The van der Waals surface area contributed by atoms with Crippen LogP contribution < -0.4 is 0 Å². The highest BCUT2D eigenvalue weighted by atomic mass is 32.2. The Morgan fingerprint density at radius 1 is 0.889 bits per heavy atom. The van der Waals surface area contributed by atoms with Crippen LogP contribution in [0.15, 0.2) is 65.6 Å². The van der Waals surface area contributed by atoms with Crippen molar-refractivity contribution in [2.75, 3.05) is 5.75 Å². The van der Waals surface area contributed by atoms with Crippen molar-refractivity contribution in [2.45, 2.75) is 23.8 Å². The fourth-order valence-electron chi connectivity index (χ4n) is 1.77. The molecule has 1 N–H and O–H groups in total. The number of hydrogen-bond acceptors (Lipinski definition) is 2. The molecular weight excluding hydrogens is 240 g/mol. The SMILES string of the molecule is OC(CCc1ccccc1)CSc1ccccc1.